The Kier molecular flexibility index (Phi) is 7.21. The summed E-state index contributed by atoms with van der Waals surface area (Å²) in [6.07, 6.45) is 2.94. The van der Waals surface area contributed by atoms with Crippen LogP contribution >= 0.6 is 0 Å². The lowest BCUT2D eigenvalue weighted by Gasteiger charge is -2.32. The monoisotopic (exact) mass is 496 g/mol. The first-order valence-electron chi connectivity index (χ1n) is 12.6. The Bertz CT molecular complexity index is 1080. The maximum Gasteiger partial charge on any atom is 0.494 e. The number of benzene rings is 1. The average Bonchev–Trinajstić information content (AvgIpc) is 3.54. The number of aromatic nitrogens is 2. The van der Waals surface area contributed by atoms with Crippen molar-refractivity contribution in [2.24, 2.45) is 5.92 Å². The van der Waals surface area contributed by atoms with E-state index in [0.717, 1.165) is 35.4 Å². The minimum Gasteiger partial charge on any atom is -0.453 e. The average molecular weight is 496 g/mol. The van der Waals surface area contributed by atoms with Crippen molar-refractivity contribution in [1.29, 1.82) is 0 Å². The number of likely N-dealkylation sites (tertiary alicyclic amines) is 1. The fraction of sp³-hybridized carbons (Fsp3) is 0.577. The van der Waals surface area contributed by atoms with Crippen molar-refractivity contribution in [3.8, 4) is 11.3 Å². The molecular weight excluding hydrogens is 459 g/mol. The molecule has 2 atom stereocenters. The Morgan fingerprint density at radius 2 is 1.81 bits per heavy atom. The van der Waals surface area contributed by atoms with E-state index in [1.807, 2.05) is 76.9 Å². The molecule has 2 aliphatic heterocycles. The molecule has 1 aromatic carbocycles. The van der Waals surface area contributed by atoms with Crippen LogP contribution in [0.15, 0.2) is 30.5 Å². The van der Waals surface area contributed by atoms with Gasteiger partial charge in [-0.2, -0.15) is 0 Å². The number of H-pyrrole nitrogens is 1. The molecule has 1 unspecified atom stereocenters. The molecule has 2 amide bonds. The molecule has 3 heterocycles. The van der Waals surface area contributed by atoms with Crippen molar-refractivity contribution in [2.45, 2.75) is 77.7 Å². The van der Waals surface area contributed by atoms with Crippen LogP contribution in [0.4, 0.5) is 4.79 Å². The highest BCUT2D eigenvalue weighted by atomic mass is 16.7. The number of aromatic amines is 1. The lowest BCUT2D eigenvalue weighted by atomic mass is 9.79. The number of nitrogens with zero attached hydrogens (tertiary/aromatic N) is 2. The Morgan fingerprint density at radius 3 is 2.39 bits per heavy atom. The van der Waals surface area contributed by atoms with Crippen LogP contribution in [-0.4, -0.2) is 64.9 Å². The van der Waals surface area contributed by atoms with Crippen molar-refractivity contribution in [2.75, 3.05) is 13.7 Å². The molecule has 9 nitrogen and oxygen atoms in total. The van der Waals surface area contributed by atoms with Gasteiger partial charge in [-0.1, -0.05) is 38.1 Å². The molecule has 2 saturated heterocycles. The van der Waals surface area contributed by atoms with E-state index in [0.29, 0.717) is 6.54 Å². The van der Waals surface area contributed by atoms with E-state index in [4.69, 9.17) is 19.0 Å². The molecule has 2 fully saturated rings. The van der Waals surface area contributed by atoms with Gasteiger partial charge in [0.1, 0.15) is 11.9 Å². The summed E-state index contributed by atoms with van der Waals surface area (Å²) in [4.78, 5) is 35.0. The molecule has 0 aliphatic carbocycles. The standard InChI is InChI=1S/C26H37BN4O5/c1-16(2)21(30-24(33)34-7)23(32)31-14-8-9-20(31)22-28-15-19(29-22)17-10-12-18(13-11-17)27-35-25(3,4)26(5,6)36-27/h10-13,15-16,20-21H,8-9,14H2,1-7H3,(H,28,29)(H,30,33)/t20-,21?/m0/s1. The molecule has 194 valence electrons. The Balaban J connectivity index is 1.48. The third kappa shape index (κ3) is 5.02. The van der Waals surface area contributed by atoms with Gasteiger partial charge in [0.05, 0.1) is 30.0 Å². The van der Waals surface area contributed by atoms with Crippen LogP contribution in [0.3, 0.4) is 0 Å². The number of hydrogen-bond donors (Lipinski definition) is 2. The molecular formula is C26H37BN4O5. The summed E-state index contributed by atoms with van der Waals surface area (Å²) in [6, 6.07) is 7.19. The largest absolute Gasteiger partial charge is 0.494 e. The normalized spacial score (nSPS) is 21.6. The maximum absolute atomic E-state index is 13.3. The van der Waals surface area contributed by atoms with E-state index in [1.54, 1.807) is 0 Å². The number of methoxy groups -OCH3 is 1. The van der Waals surface area contributed by atoms with Gasteiger partial charge in [0.2, 0.25) is 5.91 Å². The van der Waals surface area contributed by atoms with Gasteiger partial charge in [-0.3, -0.25) is 4.79 Å². The van der Waals surface area contributed by atoms with Gasteiger partial charge >= 0.3 is 13.2 Å². The number of hydrogen-bond acceptors (Lipinski definition) is 6. The predicted molar refractivity (Wildman–Crippen MR) is 138 cm³/mol. The van der Waals surface area contributed by atoms with Gasteiger partial charge in [0, 0.05) is 18.3 Å². The van der Waals surface area contributed by atoms with Crippen LogP contribution in [0.5, 0.6) is 0 Å². The van der Waals surface area contributed by atoms with E-state index in [9.17, 15) is 9.59 Å². The number of nitrogens with one attached hydrogen (secondary N) is 2. The molecule has 2 N–H and O–H groups in total. The van der Waals surface area contributed by atoms with E-state index in [1.165, 1.54) is 7.11 Å². The first kappa shape index (κ1) is 26.2. The highest BCUT2D eigenvalue weighted by Crippen LogP contribution is 2.37. The molecule has 36 heavy (non-hydrogen) atoms. The van der Waals surface area contributed by atoms with Crippen molar-refractivity contribution in [1.82, 2.24) is 20.2 Å². The fourth-order valence-corrected chi connectivity index (χ4v) is 4.64. The van der Waals surface area contributed by atoms with Gasteiger partial charge in [-0.05, 0) is 51.9 Å². The predicted octanol–water partition coefficient (Wildman–Crippen LogP) is 3.42. The molecule has 1 aromatic heterocycles. The van der Waals surface area contributed by atoms with Crippen LogP contribution < -0.4 is 10.8 Å². The maximum atomic E-state index is 13.3. The van der Waals surface area contributed by atoms with Crippen LogP contribution in [-0.2, 0) is 18.8 Å². The highest BCUT2D eigenvalue weighted by molar-refractivity contribution is 6.62. The minimum atomic E-state index is -0.657. The zero-order valence-electron chi connectivity index (χ0n) is 22.3. The number of amides is 2. The molecule has 0 radical (unpaired) electrons. The number of carbonyl (C=O) groups is 2. The van der Waals surface area contributed by atoms with Gasteiger partial charge in [0.25, 0.3) is 0 Å². The second-order valence-corrected chi connectivity index (χ2v) is 10.9. The summed E-state index contributed by atoms with van der Waals surface area (Å²) >= 11 is 0. The molecule has 2 aromatic rings. The molecule has 10 heteroatoms. The summed E-state index contributed by atoms with van der Waals surface area (Å²) in [6.45, 7) is 12.6. The summed E-state index contributed by atoms with van der Waals surface area (Å²) in [7, 11) is 0.881. The lowest BCUT2D eigenvalue weighted by molar-refractivity contribution is -0.135. The number of imidazole rings is 1. The van der Waals surface area contributed by atoms with E-state index < -0.39 is 19.3 Å². The molecule has 0 spiro atoms. The molecule has 0 saturated carbocycles. The summed E-state index contributed by atoms with van der Waals surface area (Å²) in [5, 5.41) is 2.68. The van der Waals surface area contributed by atoms with Gasteiger partial charge < -0.3 is 29.2 Å². The zero-order chi connectivity index (χ0) is 26.3. The summed E-state index contributed by atoms with van der Waals surface area (Å²) in [5.41, 5.74) is 1.94. The molecule has 2 aliphatic rings. The van der Waals surface area contributed by atoms with Crippen molar-refractivity contribution in [3.05, 3.63) is 36.3 Å². The van der Waals surface area contributed by atoms with E-state index >= 15 is 0 Å². The van der Waals surface area contributed by atoms with Crippen LogP contribution in [0.25, 0.3) is 11.3 Å². The van der Waals surface area contributed by atoms with Crippen molar-refractivity contribution < 1.29 is 23.6 Å². The zero-order valence-corrected chi connectivity index (χ0v) is 22.3. The van der Waals surface area contributed by atoms with E-state index in [-0.39, 0.29) is 29.1 Å². The summed E-state index contributed by atoms with van der Waals surface area (Å²) < 4.78 is 17.0. The van der Waals surface area contributed by atoms with Gasteiger partial charge in [-0.15, -0.1) is 0 Å². The second-order valence-electron chi connectivity index (χ2n) is 10.9. The molecule has 4 rings (SSSR count). The fourth-order valence-electron chi connectivity index (χ4n) is 4.64. The van der Waals surface area contributed by atoms with Crippen LogP contribution in [0.2, 0.25) is 0 Å². The smallest absolute Gasteiger partial charge is 0.453 e. The quantitative estimate of drug-likeness (QED) is 0.594. The number of ether oxygens (including phenoxy) is 1. The van der Waals surface area contributed by atoms with Crippen LogP contribution in [0, 0.1) is 5.92 Å². The number of alkyl carbamates (subject to hydrolysis) is 1. The molecule has 0 bridgehead atoms. The second kappa shape index (κ2) is 9.90. The first-order valence-corrected chi connectivity index (χ1v) is 12.6. The van der Waals surface area contributed by atoms with Crippen LogP contribution in [0.1, 0.15) is 66.3 Å². The van der Waals surface area contributed by atoms with Gasteiger partial charge in [0.15, 0.2) is 0 Å². The summed E-state index contributed by atoms with van der Waals surface area (Å²) in [5.74, 6) is 0.543. The minimum absolute atomic E-state index is 0.0764. The third-order valence-corrected chi connectivity index (χ3v) is 7.57. The van der Waals surface area contributed by atoms with Gasteiger partial charge in [-0.25, -0.2) is 9.78 Å². The SMILES string of the molecule is COC(=O)NC(C(=O)N1CCC[C@H]1c1nc(-c2ccc(B3OC(C)(C)C(C)(C)O3)cc2)c[nH]1)C(C)C. The van der Waals surface area contributed by atoms with E-state index in [2.05, 4.69) is 10.3 Å². The van der Waals surface area contributed by atoms with Crippen molar-refractivity contribution in [3.63, 3.8) is 0 Å². The Labute approximate surface area is 213 Å². The first-order chi connectivity index (χ1) is 16.9. The Hall–Kier alpha value is -2.85. The highest BCUT2D eigenvalue weighted by Gasteiger charge is 2.51. The Morgan fingerprint density at radius 1 is 1.17 bits per heavy atom. The third-order valence-electron chi connectivity index (χ3n) is 7.57. The lowest BCUT2D eigenvalue weighted by Crippen LogP contribution is -2.51. The number of carbonyl (C=O) groups excluding carboxylic acids is 2. The number of rotatable bonds is 6. The van der Waals surface area contributed by atoms with Crippen molar-refractivity contribution >= 4 is 24.6 Å². The topological polar surface area (TPSA) is 106 Å².